The molecule has 0 amide bonds. The number of carboxylic acid groups (broad SMARTS) is 1. The van der Waals surface area contributed by atoms with Crippen LogP contribution >= 0.6 is 0 Å². The van der Waals surface area contributed by atoms with Crippen molar-refractivity contribution in [3.8, 4) is 0 Å². The summed E-state index contributed by atoms with van der Waals surface area (Å²) in [6.45, 7) is 2.21. The maximum Gasteiger partial charge on any atom is 0.305 e. The number of hydrogen-bond donors (Lipinski definition) is 2. The predicted octanol–water partition coefficient (Wildman–Crippen LogP) is 3.52. The first-order valence-electron chi connectivity index (χ1n) is 6.71. The maximum atomic E-state index is 10.3. The van der Waals surface area contributed by atoms with E-state index < -0.39 is 12.1 Å². The normalized spacial score (nSPS) is 13.1. The average molecular weight is 242 g/mol. The van der Waals surface area contributed by atoms with Crippen LogP contribution in [0.2, 0.25) is 0 Å². The predicted molar refractivity (Wildman–Crippen MR) is 70.0 cm³/mol. The van der Waals surface area contributed by atoms with Crippen molar-refractivity contribution in [2.24, 2.45) is 0 Å². The van der Waals surface area contributed by atoms with Crippen molar-refractivity contribution in [3.05, 3.63) is 12.2 Å². The first kappa shape index (κ1) is 16.2. The van der Waals surface area contributed by atoms with Crippen molar-refractivity contribution >= 4 is 5.97 Å². The molecule has 1 atom stereocenters. The van der Waals surface area contributed by atoms with E-state index in [-0.39, 0.29) is 6.42 Å². The van der Waals surface area contributed by atoms with Gasteiger partial charge in [0.15, 0.2) is 0 Å². The molecule has 0 aliphatic heterocycles. The Morgan fingerprint density at radius 2 is 1.76 bits per heavy atom. The van der Waals surface area contributed by atoms with Gasteiger partial charge in [0.2, 0.25) is 0 Å². The molecule has 0 bridgehead atoms. The Kier molecular flexibility index (Phi) is 11.1. The highest BCUT2D eigenvalue weighted by Gasteiger charge is 2.07. The Balaban J connectivity index is 3.26. The second kappa shape index (κ2) is 11.6. The minimum Gasteiger partial charge on any atom is -0.481 e. The molecule has 0 rings (SSSR count). The van der Waals surface area contributed by atoms with Crippen LogP contribution in [0, 0.1) is 0 Å². The minimum atomic E-state index is -0.927. The maximum absolute atomic E-state index is 10.3. The third-order valence-corrected chi connectivity index (χ3v) is 2.71. The molecule has 0 radical (unpaired) electrons. The van der Waals surface area contributed by atoms with Crippen molar-refractivity contribution in [2.45, 2.75) is 70.8 Å². The van der Waals surface area contributed by atoms with Crippen LogP contribution in [0.3, 0.4) is 0 Å². The molecule has 0 aromatic carbocycles. The van der Waals surface area contributed by atoms with E-state index >= 15 is 0 Å². The summed E-state index contributed by atoms with van der Waals surface area (Å²) in [6.07, 6.45) is 12.2. The van der Waals surface area contributed by atoms with Crippen LogP contribution in [0.15, 0.2) is 12.2 Å². The second-order valence-electron chi connectivity index (χ2n) is 4.50. The quantitative estimate of drug-likeness (QED) is 0.430. The summed E-state index contributed by atoms with van der Waals surface area (Å²) in [5.74, 6) is -0.927. The lowest BCUT2D eigenvalue weighted by Crippen LogP contribution is -2.12. The van der Waals surface area contributed by atoms with Crippen molar-refractivity contribution < 1.29 is 15.0 Å². The molecule has 100 valence electrons. The average Bonchev–Trinajstić information content (AvgIpc) is 2.26. The Bertz CT molecular complexity index is 212. The highest BCUT2D eigenvalue weighted by Crippen LogP contribution is 2.07. The van der Waals surface area contributed by atoms with E-state index in [4.69, 9.17) is 5.11 Å². The van der Waals surface area contributed by atoms with Gasteiger partial charge >= 0.3 is 5.97 Å². The molecule has 0 saturated heterocycles. The Morgan fingerprint density at radius 3 is 2.35 bits per heavy atom. The number of aliphatic hydroxyl groups excluding tert-OH is 1. The van der Waals surface area contributed by atoms with E-state index in [0.29, 0.717) is 6.42 Å². The highest BCUT2D eigenvalue weighted by atomic mass is 16.4. The van der Waals surface area contributed by atoms with Gasteiger partial charge in [-0.3, -0.25) is 4.79 Å². The van der Waals surface area contributed by atoms with E-state index in [1.54, 1.807) is 0 Å². The van der Waals surface area contributed by atoms with Gasteiger partial charge in [-0.1, -0.05) is 38.3 Å². The van der Waals surface area contributed by atoms with Gasteiger partial charge in [0.05, 0.1) is 12.5 Å². The number of aliphatic hydroxyl groups is 1. The van der Waals surface area contributed by atoms with Crippen LogP contribution in [0.5, 0.6) is 0 Å². The zero-order valence-electron chi connectivity index (χ0n) is 10.9. The standard InChI is InChI=1S/C14H26O3/c1-2-3-4-5-6-7-8-9-10-11-13(15)12-14(16)17/h7-8,13,15H,2-6,9-12H2,1H3,(H,16,17)/t13-/m1/s1. The van der Waals surface area contributed by atoms with Crippen molar-refractivity contribution in [2.75, 3.05) is 0 Å². The molecule has 0 aromatic heterocycles. The molecule has 0 aliphatic carbocycles. The first-order chi connectivity index (χ1) is 8.16. The fourth-order valence-corrected chi connectivity index (χ4v) is 1.70. The molecule has 0 aliphatic rings. The number of carbonyl (C=O) groups is 1. The SMILES string of the molecule is CCCCCCC=CCCC[C@@H](O)CC(=O)O. The molecule has 0 fully saturated rings. The first-order valence-corrected chi connectivity index (χ1v) is 6.71. The fourth-order valence-electron chi connectivity index (χ4n) is 1.70. The molecule has 3 heteroatoms. The van der Waals surface area contributed by atoms with Gasteiger partial charge in [0, 0.05) is 0 Å². The summed E-state index contributed by atoms with van der Waals surface area (Å²) < 4.78 is 0. The lowest BCUT2D eigenvalue weighted by Gasteiger charge is -2.05. The molecular formula is C14H26O3. The van der Waals surface area contributed by atoms with Gasteiger partial charge in [0.1, 0.15) is 0 Å². The topological polar surface area (TPSA) is 57.5 Å². The van der Waals surface area contributed by atoms with Crippen LogP contribution in [0.1, 0.15) is 64.7 Å². The smallest absolute Gasteiger partial charge is 0.305 e. The second-order valence-corrected chi connectivity index (χ2v) is 4.50. The van der Waals surface area contributed by atoms with E-state index in [2.05, 4.69) is 19.1 Å². The lowest BCUT2D eigenvalue weighted by atomic mass is 10.1. The summed E-state index contributed by atoms with van der Waals surface area (Å²) >= 11 is 0. The molecule has 17 heavy (non-hydrogen) atoms. The molecule has 3 nitrogen and oxygen atoms in total. The summed E-state index contributed by atoms with van der Waals surface area (Å²) in [4.78, 5) is 10.3. The Hall–Kier alpha value is -0.830. The van der Waals surface area contributed by atoms with E-state index in [0.717, 1.165) is 19.3 Å². The number of unbranched alkanes of at least 4 members (excludes halogenated alkanes) is 5. The monoisotopic (exact) mass is 242 g/mol. The van der Waals surface area contributed by atoms with Gasteiger partial charge in [-0.2, -0.15) is 0 Å². The Morgan fingerprint density at radius 1 is 1.12 bits per heavy atom. The van der Waals surface area contributed by atoms with Crippen LogP contribution < -0.4 is 0 Å². The zero-order valence-corrected chi connectivity index (χ0v) is 10.9. The molecule has 0 heterocycles. The largest absolute Gasteiger partial charge is 0.481 e. The number of aliphatic carboxylic acids is 1. The lowest BCUT2D eigenvalue weighted by molar-refractivity contribution is -0.139. The van der Waals surface area contributed by atoms with Crippen molar-refractivity contribution in [1.82, 2.24) is 0 Å². The molecule has 0 spiro atoms. The molecule has 2 N–H and O–H groups in total. The minimum absolute atomic E-state index is 0.138. The number of rotatable bonds is 11. The van der Waals surface area contributed by atoms with E-state index in [1.165, 1.54) is 25.7 Å². The van der Waals surface area contributed by atoms with Crippen LogP contribution in [-0.2, 0) is 4.79 Å². The summed E-state index contributed by atoms with van der Waals surface area (Å²) in [5.41, 5.74) is 0. The molecular weight excluding hydrogens is 216 g/mol. The highest BCUT2D eigenvalue weighted by molar-refractivity contribution is 5.67. The number of hydrogen-bond acceptors (Lipinski definition) is 2. The fraction of sp³-hybridized carbons (Fsp3) is 0.786. The summed E-state index contributed by atoms with van der Waals surface area (Å²) in [6, 6.07) is 0. The Labute approximate surface area is 105 Å². The third kappa shape index (κ3) is 13.1. The molecule has 0 unspecified atom stereocenters. The van der Waals surface area contributed by atoms with Crippen molar-refractivity contribution in [3.63, 3.8) is 0 Å². The van der Waals surface area contributed by atoms with Crippen LogP contribution in [0.25, 0.3) is 0 Å². The third-order valence-electron chi connectivity index (χ3n) is 2.71. The summed E-state index contributed by atoms with van der Waals surface area (Å²) in [7, 11) is 0. The number of carboxylic acids is 1. The van der Waals surface area contributed by atoms with Gasteiger partial charge in [0.25, 0.3) is 0 Å². The summed E-state index contributed by atoms with van der Waals surface area (Å²) in [5, 5.41) is 17.8. The van der Waals surface area contributed by atoms with Gasteiger partial charge in [-0.05, 0) is 32.1 Å². The molecule has 0 saturated carbocycles. The number of allylic oxidation sites excluding steroid dienone is 2. The zero-order chi connectivity index (χ0) is 12.9. The van der Waals surface area contributed by atoms with E-state index in [9.17, 15) is 9.90 Å². The van der Waals surface area contributed by atoms with Crippen LogP contribution in [0.4, 0.5) is 0 Å². The van der Waals surface area contributed by atoms with Crippen LogP contribution in [-0.4, -0.2) is 22.3 Å². The van der Waals surface area contributed by atoms with Gasteiger partial charge in [-0.25, -0.2) is 0 Å². The van der Waals surface area contributed by atoms with E-state index in [1.807, 2.05) is 0 Å². The molecule has 0 aromatic rings. The van der Waals surface area contributed by atoms with Crippen molar-refractivity contribution in [1.29, 1.82) is 0 Å². The van der Waals surface area contributed by atoms with Gasteiger partial charge < -0.3 is 10.2 Å². The van der Waals surface area contributed by atoms with Gasteiger partial charge in [-0.15, -0.1) is 0 Å².